The van der Waals surface area contributed by atoms with E-state index in [1.165, 1.54) is 0 Å². The lowest BCUT2D eigenvalue weighted by molar-refractivity contribution is 0.102. The zero-order chi connectivity index (χ0) is 10.8. The second kappa shape index (κ2) is 4.37. The van der Waals surface area contributed by atoms with Crippen molar-refractivity contribution in [2.24, 2.45) is 0 Å². The molecule has 0 spiro atoms. The Morgan fingerprint density at radius 1 is 1.36 bits per heavy atom. The summed E-state index contributed by atoms with van der Waals surface area (Å²) in [6.45, 7) is 3.44. The van der Waals surface area contributed by atoms with Gasteiger partial charge in [0, 0.05) is 9.59 Å². The minimum atomic E-state index is -2.60. The molecule has 0 saturated carbocycles. The van der Waals surface area contributed by atoms with E-state index in [2.05, 4.69) is 0 Å². The topological polar surface area (TPSA) is 46.5 Å². The normalized spacial score (nSPS) is 12.7. The van der Waals surface area contributed by atoms with E-state index in [9.17, 15) is 4.57 Å². The minimum Gasteiger partial charge on any atom is -0.133 e. The molecule has 0 aliphatic rings. The lowest BCUT2D eigenvalue weighted by atomic mass is 9.99. The van der Waals surface area contributed by atoms with Crippen molar-refractivity contribution >= 4 is 19.9 Å². The first kappa shape index (κ1) is 11.6. The fourth-order valence-corrected chi connectivity index (χ4v) is 1.72. The van der Waals surface area contributed by atoms with Crippen molar-refractivity contribution in [3.63, 3.8) is 0 Å². The molecule has 1 aromatic rings. The Hall–Kier alpha value is -0.470. The lowest BCUT2D eigenvalue weighted by Gasteiger charge is -2.17. The lowest BCUT2D eigenvalue weighted by Crippen LogP contribution is -2.17. The maximum Gasteiger partial charge on any atom is 0.695 e. The molecule has 0 radical (unpaired) electrons. The zero-order valence-electron chi connectivity index (χ0n) is 7.90. The van der Waals surface area contributed by atoms with Gasteiger partial charge in [-0.1, -0.05) is 23.7 Å². The van der Waals surface area contributed by atoms with Gasteiger partial charge in [0.2, 0.25) is 0 Å². The molecule has 1 rings (SSSR count). The summed E-state index contributed by atoms with van der Waals surface area (Å²) >= 11 is 5.72. The van der Waals surface area contributed by atoms with E-state index < -0.39 is 13.9 Å². The van der Waals surface area contributed by atoms with Gasteiger partial charge in [0.05, 0.1) is 0 Å². The molecular weight excluding hydrogens is 223 g/mol. The molecular formula is C9H11ClO3P+. The zero-order valence-corrected chi connectivity index (χ0v) is 9.55. The van der Waals surface area contributed by atoms with Crippen molar-refractivity contribution in [3.8, 4) is 0 Å². The molecule has 5 heteroatoms. The van der Waals surface area contributed by atoms with Crippen LogP contribution in [0.5, 0.6) is 0 Å². The average Bonchev–Trinajstić information content (AvgIpc) is 2.02. The van der Waals surface area contributed by atoms with Crippen LogP contribution in [0.1, 0.15) is 19.4 Å². The van der Waals surface area contributed by atoms with Crippen molar-refractivity contribution in [1.29, 1.82) is 0 Å². The van der Waals surface area contributed by atoms with Crippen molar-refractivity contribution in [2.45, 2.75) is 19.4 Å². The quantitative estimate of drug-likeness (QED) is 0.816. The van der Waals surface area contributed by atoms with Gasteiger partial charge in [-0.05, 0) is 31.5 Å². The molecule has 0 aromatic heterocycles. The Labute approximate surface area is 88.6 Å². The van der Waals surface area contributed by atoms with E-state index in [0.29, 0.717) is 5.02 Å². The summed E-state index contributed by atoms with van der Waals surface area (Å²) in [6, 6.07) is 6.96. The molecule has 1 atom stereocenters. The van der Waals surface area contributed by atoms with Gasteiger partial charge in [0.1, 0.15) is 5.60 Å². The van der Waals surface area contributed by atoms with E-state index >= 15 is 0 Å². The second-order valence-corrected chi connectivity index (χ2v) is 4.44. The molecule has 14 heavy (non-hydrogen) atoms. The van der Waals surface area contributed by atoms with Gasteiger partial charge in [-0.2, -0.15) is 0 Å². The summed E-state index contributed by atoms with van der Waals surface area (Å²) in [4.78, 5) is 8.66. The molecule has 76 valence electrons. The van der Waals surface area contributed by atoms with E-state index in [1.54, 1.807) is 38.1 Å². The third-order valence-corrected chi connectivity index (χ3v) is 2.71. The molecule has 0 amide bonds. The maximum atomic E-state index is 10.6. The van der Waals surface area contributed by atoms with E-state index in [-0.39, 0.29) is 0 Å². The molecule has 0 aliphatic carbocycles. The molecule has 1 aromatic carbocycles. The van der Waals surface area contributed by atoms with Crippen LogP contribution in [-0.2, 0) is 14.7 Å². The van der Waals surface area contributed by atoms with Crippen LogP contribution in [0.15, 0.2) is 24.3 Å². The first-order valence-corrected chi connectivity index (χ1v) is 5.54. The van der Waals surface area contributed by atoms with Crippen molar-refractivity contribution in [2.75, 3.05) is 0 Å². The molecule has 1 unspecified atom stereocenters. The first-order chi connectivity index (χ1) is 6.42. The number of halogens is 1. The Morgan fingerprint density at radius 3 is 2.29 bits per heavy atom. The smallest absolute Gasteiger partial charge is 0.133 e. The van der Waals surface area contributed by atoms with E-state index in [4.69, 9.17) is 21.0 Å². The summed E-state index contributed by atoms with van der Waals surface area (Å²) in [6.07, 6.45) is 0. The van der Waals surface area contributed by atoms with Gasteiger partial charge in [-0.15, -0.1) is 9.42 Å². The third kappa shape index (κ3) is 3.03. The van der Waals surface area contributed by atoms with Crippen LogP contribution in [0.4, 0.5) is 0 Å². The summed E-state index contributed by atoms with van der Waals surface area (Å²) in [5.74, 6) is 0. The van der Waals surface area contributed by atoms with E-state index in [1.807, 2.05) is 0 Å². The van der Waals surface area contributed by atoms with Crippen LogP contribution in [0, 0.1) is 0 Å². The number of rotatable bonds is 3. The van der Waals surface area contributed by atoms with Crippen molar-refractivity contribution in [1.82, 2.24) is 0 Å². The predicted octanol–water partition coefficient (Wildman–Crippen LogP) is 3.24. The fraction of sp³-hybridized carbons (Fsp3) is 0.333. The van der Waals surface area contributed by atoms with Gasteiger partial charge in [-0.25, -0.2) is 0 Å². The molecule has 0 saturated heterocycles. The first-order valence-electron chi connectivity index (χ1n) is 4.03. The third-order valence-electron chi connectivity index (χ3n) is 1.85. The van der Waals surface area contributed by atoms with E-state index in [0.717, 1.165) is 5.56 Å². The number of hydrogen-bond acceptors (Lipinski definition) is 2. The SMILES string of the molecule is CC(C)(O[P+](=O)O)c1ccc(Cl)cc1. The number of benzene rings is 1. The Bertz CT molecular complexity index is 334. The highest BCUT2D eigenvalue weighted by Gasteiger charge is 2.32. The van der Waals surface area contributed by atoms with Crippen LogP contribution in [0.3, 0.4) is 0 Å². The Kier molecular flexibility index (Phi) is 3.62. The minimum absolute atomic E-state index is 0.623. The van der Waals surface area contributed by atoms with Gasteiger partial charge in [0.15, 0.2) is 0 Å². The molecule has 0 fully saturated rings. The van der Waals surface area contributed by atoms with Gasteiger partial charge in [0.25, 0.3) is 0 Å². The molecule has 0 bridgehead atoms. The summed E-state index contributed by atoms with van der Waals surface area (Å²) in [7, 11) is -2.60. The molecule has 3 nitrogen and oxygen atoms in total. The largest absolute Gasteiger partial charge is 0.695 e. The highest BCUT2D eigenvalue weighted by molar-refractivity contribution is 7.32. The maximum absolute atomic E-state index is 10.6. The van der Waals surface area contributed by atoms with Crippen LogP contribution < -0.4 is 0 Å². The van der Waals surface area contributed by atoms with Gasteiger partial charge < -0.3 is 0 Å². The average molecular weight is 234 g/mol. The highest BCUT2D eigenvalue weighted by Crippen LogP contribution is 2.34. The van der Waals surface area contributed by atoms with Crippen molar-refractivity contribution < 1.29 is 14.0 Å². The summed E-state index contributed by atoms with van der Waals surface area (Å²) < 4.78 is 15.4. The molecule has 0 heterocycles. The predicted molar refractivity (Wildman–Crippen MR) is 55.4 cm³/mol. The van der Waals surface area contributed by atoms with Gasteiger partial charge >= 0.3 is 8.25 Å². The Morgan fingerprint density at radius 2 is 1.86 bits per heavy atom. The second-order valence-electron chi connectivity index (χ2n) is 3.35. The fourth-order valence-electron chi connectivity index (χ4n) is 1.10. The van der Waals surface area contributed by atoms with Crippen LogP contribution in [-0.4, -0.2) is 4.89 Å². The van der Waals surface area contributed by atoms with Crippen LogP contribution >= 0.6 is 19.9 Å². The Balaban J connectivity index is 2.91. The molecule has 0 aliphatic heterocycles. The van der Waals surface area contributed by atoms with Gasteiger partial charge in [-0.3, -0.25) is 0 Å². The monoisotopic (exact) mass is 233 g/mol. The number of hydrogen-bond donors (Lipinski definition) is 1. The van der Waals surface area contributed by atoms with Crippen LogP contribution in [0.2, 0.25) is 5.02 Å². The van der Waals surface area contributed by atoms with Crippen LogP contribution in [0.25, 0.3) is 0 Å². The van der Waals surface area contributed by atoms with Crippen molar-refractivity contribution in [3.05, 3.63) is 34.9 Å². The highest BCUT2D eigenvalue weighted by atomic mass is 35.5. The summed E-state index contributed by atoms with van der Waals surface area (Å²) in [5.41, 5.74) is 0.0200. The summed E-state index contributed by atoms with van der Waals surface area (Å²) in [5, 5.41) is 0.623. The standard InChI is InChI=1S/C9H10ClO3P/c1-9(2,13-14(11)12)7-3-5-8(10)6-4-7/h3-6H,1-2H3/p+1. The molecule has 1 N–H and O–H groups in total.